The zero-order valence-corrected chi connectivity index (χ0v) is 14.3. The van der Waals surface area contributed by atoms with Crippen LogP contribution in [-0.4, -0.2) is 49.6 Å². The zero-order valence-electron chi connectivity index (χ0n) is 12.7. The van der Waals surface area contributed by atoms with E-state index in [1.54, 1.807) is 0 Å². The molecule has 6 heteroatoms. The van der Waals surface area contributed by atoms with Gasteiger partial charge in [0, 0.05) is 25.6 Å². The van der Waals surface area contributed by atoms with Crippen molar-refractivity contribution in [2.45, 2.75) is 44.6 Å². The molecule has 2 saturated heterocycles. The summed E-state index contributed by atoms with van der Waals surface area (Å²) < 4.78 is 0. The van der Waals surface area contributed by atoms with Gasteiger partial charge in [-0.05, 0) is 63.6 Å². The number of carbonyl (C=O) groups excluding carboxylic acids is 1. The van der Waals surface area contributed by atoms with Gasteiger partial charge in [0.2, 0.25) is 5.91 Å². The van der Waals surface area contributed by atoms with Gasteiger partial charge in [-0.1, -0.05) is 0 Å². The Labute approximate surface area is 140 Å². The number of hydrogen-bond donors (Lipinski definition) is 2. The molecule has 0 aromatic rings. The van der Waals surface area contributed by atoms with Gasteiger partial charge >= 0.3 is 0 Å². The van der Waals surface area contributed by atoms with E-state index in [1.165, 1.54) is 32.4 Å². The molecule has 3 fully saturated rings. The number of nitrogens with one attached hydrogen (secondary N) is 2. The number of likely N-dealkylation sites (tertiary alicyclic amines) is 1. The molecule has 0 aromatic heterocycles. The smallest absolute Gasteiger partial charge is 0.220 e. The third kappa shape index (κ3) is 5.93. The van der Waals surface area contributed by atoms with Crippen LogP contribution in [0.15, 0.2) is 0 Å². The molecule has 2 N–H and O–H groups in total. The summed E-state index contributed by atoms with van der Waals surface area (Å²) in [7, 11) is 0. The third-order valence-electron chi connectivity index (χ3n) is 4.90. The van der Waals surface area contributed by atoms with Gasteiger partial charge in [0.25, 0.3) is 0 Å². The summed E-state index contributed by atoms with van der Waals surface area (Å²) >= 11 is 0. The van der Waals surface area contributed by atoms with Crippen molar-refractivity contribution in [3.63, 3.8) is 0 Å². The Balaban J connectivity index is 0.00000110. The maximum absolute atomic E-state index is 12.0. The maximum atomic E-state index is 12.0. The van der Waals surface area contributed by atoms with E-state index in [2.05, 4.69) is 15.5 Å². The molecule has 1 unspecified atom stereocenters. The van der Waals surface area contributed by atoms with Gasteiger partial charge in [-0.3, -0.25) is 4.79 Å². The molecule has 0 bridgehead atoms. The van der Waals surface area contributed by atoms with Crippen molar-refractivity contribution in [2.75, 3.05) is 32.7 Å². The van der Waals surface area contributed by atoms with Crippen LogP contribution in [0.3, 0.4) is 0 Å². The lowest BCUT2D eigenvalue weighted by atomic mass is 9.94. The summed E-state index contributed by atoms with van der Waals surface area (Å²) in [5.41, 5.74) is 0. The highest BCUT2D eigenvalue weighted by Gasteiger charge is 2.34. The van der Waals surface area contributed by atoms with Crippen molar-refractivity contribution in [3.05, 3.63) is 0 Å². The third-order valence-corrected chi connectivity index (χ3v) is 4.90. The van der Waals surface area contributed by atoms with E-state index in [1.807, 2.05) is 0 Å². The first kappa shape index (κ1) is 19.0. The molecule has 2 heterocycles. The maximum Gasteiger partial charge on any atom is 0.220 e. The SMILES string of the molecule is Cl.Cl.O=C(CC1CCNCC1)NCC1CCN(C2CC2)C1. The van der Waals surface area contributed by atoms with Crippen LogP contribution in [0.4, 0.5) is 0 Å². The monoisotopic (exact) mass is 337 g/mol. The highest BCUT2D eigenvalue weighted by atomic mass is 35.5. The van der Waals surface area contributed by atoms with Crippen molar-refractivity contribution >= 4 is 30.7 Å². The van der Waals surface area contributed by atoms with Crippen LogP contribution in [0.25, 0.3) is 0 Å². The number of carbonyl (C=O) groups is 1. The normalized spacial score (nSPS) is 26.8. The van der Waals surface area contributed by atoms with Gasteiger partial charge in [-0.15, -0.1) is 24.8 Å². The number of halogens is 2. The van der Waals surface area contributed by atoms with Crippen LogP contribution in [0.2, 0.25) is 0 Å². The Kier molecular flexibility index (Phi) is 8.32. The predicted octanol–water partition coefficient (Wildman–Crippen LogP) is 1.82. The summed E-state index contributed by atoms with van der Waals surface area (Å²) in [6.45, 7) is 5.51. The number of piperidine rings is 1. The molecule has 1 amide bonds. The average Bonchev–Trinajstić information content (AvgIpc) is 3.17. The molecule has 3 aliphatic rings. The lowest BCUT2D eigenvalue weighted by molar-refractivity contribution is -0.122. The molecule has 2 aliphatic heterocycles. The number of amides is 1. The summed E-state index contributed by atoms with van der Waals surface area (Å²) in [5, 5.41) is 6.51. The molecule has 0 radical (unpaired) electrons. The quantitative estimate of drug-likeness (QED) is 0.804. The second kappa shape index (κ2) is 9.19. The minimum atomic E-state index is 0. The average molecular weight is 338 g/mol. The van der Waals surface area contributed by atoms with E-state index in [-0.39, 0.29) is 30.7 Å². The van der Waals surface area contributed by atoms with Crippen LogP contribution >= 0.6 is 24.8 Å². The minimum Gasteiger partial charge on any atom is -0.356 e. The molecule has 0 aromatic carbocycles. The van der Waals surface area contributed by atoms with E-state index in [4.69, 9.17) is 0 Å². The first-order valence-electron chi connectivity index (χ1n) is 8.02. The van der Waals surface area contributed by atoms with Crippen LogP contribution in [0.5, 0.6) is 0 Å². The first-order valence-corrected chi connectivity index (χ1v) is 8.02. The van der Waals surface area contributed by atoms with Crippen molar-refractivity contribution in [1.82, 2.24) is 15.5 Å². The number of rotatable bonds is 5. The summed E-state index contributed by atoms with van der Waals surface area (Å²) in [6, 6.07) is 0.885. The standard InChI is InChI=1S/C15H27N3O.2ClH/c19-15(9-12-3-6-16-7-4-12)17-10-13-5-8-18(11-13)14-1-2-14;;/h12-14,16H,1-11H2,(H,17,19);2*1H. The van der Waals surface area contributed by atoms with Crippen LogP contribution in [0.1, 0.15) is 38.5 Å². The van der Waals surface area contributed by atoms with Gasteiger partial charge < -0.3 is 15.5 Å². The van der Waals surface area contributed by atoms with Crippen LogP contribution in [-0.2, 0) is 4.79 Å². The molecule has 1 saturated carbocycles. The first-order chi connectivity index (χ1) is 9.31. The van der Waals surface area contributed by atoms with Crippen LogP contribution < -0.4 is 10.6 Å². The Morgan fingerprint density at radius 3 is 2.43 bits per heavy atom. The molecular formula is C15H29Cl2N3O. The molecule has 3 rings (SSSR count). The van der Waals surface area contributed by atoms with E-state index in [0.717, 1.165) is 44.9 Å². The molecular weight excluding hydrogens is 309 g/mol. The Bertz CT molecular complexity index is 320. The fourth-order valence-corrected chi connectivity index (χ4v) is 3.48. The number of hydrogen-bond acceptors (Lipinski definition) is 3. The molecule has 124 valence electrons. The lowest BCUT2D eigenvalue weighted by Crippen LogP contribution is -2.35. The molecule has 1 aliphatic carbocycles. The van der Waals surface area contributed by atoms with Crippen molar-refractivity contribution in [1.29, 1.82) is 0 Å². The van der Waals surface area contributed by atoms with Gasteiger partial charge in [0.05, 0.1) is 0 Å². The van der Waals surface area contributed by atoms with Gasteiger partial charge in [-0.25, -0.2) is 0 Å². The van der Waals surface area contributed by atoms with E-state index < -0.39 is 0 Å². The molecule has 1 atom stereocenters. The molecule has 21 heavy (non-hydrogen) atoms. The lowest BCUT2D eigenvalue weighted by Gasteiger charge is -2.22. The van der Waals surface area contributed by atoms with Crippen molar-refractivity contribution in [3.8, 4) is 0 Å². The largest absolute Gasteiger partial charge is 0.356 e. The Morgan fingerprint density at radius 2 is 1.76 bits per heavy atom. The van der Waals surface area contributed by atoms with Crippen molar-refractivity contribution < 1.29 is 4.79 Å². The Hall–Kier alpha value is -0.0300. The van der Waals surface area contributed by atoms with Gasteiger partial charge in [-0.2, -0.15) is 0 Å². The van der Waals surface area contributed by atoms with Gasteiger partial charge in [0.15, 0.2) is 0 Å². The molecule has 4 nitrogen and oxygen atoms in total. The Morgan fingerprint density at radius 1 is 1.05 bits per heavy atom. The summed E-state index contributed by atoms with van der Waals surface area (Å²) in [5.74, 6) is 1.57. The second-order valence-electron chi connectivity index (χ2n) is 6.58. The minimum absolute atomic E-state index is 0. The van der Waals surface area contributed by atoms with Crippen molar-refractivity contribution in [2.24, 2.45) is 11.8 Å². The fourth-order valence-electron chi connectivity index (χ4n) is 3.48. The highest BCUT2D eigenvalue weighted by Crippen LogP contribution is 2.31. The second-order valence-corrected chi connectivity index (χ2v) is 6.58. The highest BCUT2D eigenvalue weighted by molar-refractivity contribution is 5.85. The fraction of sp³-hybridized carbons (Fsp3) is 0.933. The topological polar surface area (TPSA) is 44.4 Å². The summed E-state index contributed by atoms with van der Waals surface area (Å²) in [4.78, 5) is 14.6. The molecule has 0 spiro atoms. The summed E-state index contributed by atoms with van der Waals surface area (Å²) in [6.07, 6.45) is 7.12. The van der Waals surface area contributed by atoms with Gasteiger partial charge in [0.1, 0.15) is 0 Å². The van der Waals surface area contributed by atoms with E-state index in [0.29, 0.717) is 11.8 Å². The van der Waals surface area contributed by atoms with Crippen LogP contribution in [0, 0.1) is 11.8 Å². The van der Waals surface area contributed by atoms with E-state index in [9.17, 15) is 4.79 Å². The van der Waals surface area contributed by atoms with E-state index >= 15 is 0 Å². The zero-order chi connectivity index (χ0) is 13.1. The number of nitrogens with zero attached hydrogens (tertiary/aromatic N) is 1. The predicted molar refractivity (Wildman–Crippen MR) is 90.4 cm³/mol.